The molecule has 0 aliphatic heterocycles. The van der Waals surface area contributed by atoms with Crippen molar-refractivity contribution in [3.8, 4) is 17.6 Å². The summed E-state index contributed by atoms with van der Waals surface area (Å²) in [5.74, 6) is -0.316. The van der Waals surface area contributed by atoms with Crippen LogP contribution in [-0.2, 0) is 11.2 Å². The molecule has 0 saturated heterocycles. The lowest BCUT2D eigenvalue weighted by Crippen LogP contribution is -2.26. The Kier molecular flexibility index (Phi) is 6.62. The molecule has 6 nitrogen and oxygen atoms in total. The minimum absolute atomic E-state index is 0.0516. The van der Waals surface area contributed by atoms with Crippen LogP contribution in [0.2, 0.25) is 0 Å². The molecule has 0 aliphatic rings. The Morgan fingerprint density at radius 2 is 2.10 bits per heavy atom. The standard InChI is InChI=1S/C21H17Br2N3O3/c1-29-17-9-13(18(22)19(23)20(17)27)8-14(10-24)21(28)25-7-6-12-11-26-16-5-3-2-4-15(12)16/h2-5,8-9,11,26-27H,6-7H2,1H3,(H,25,28)/b14-8-. The first-order chi connectivity index (χ1) is 14.0. The van der Waals surface area contributed by atoms with Crippen LogP contribution in [0.4, 0.5) is 0 Å². The van der Waals surface area contributed by atoms with Gasteiger partial charge in [0.05, 0.1) is 11.6 Å². The van der Waals surface area contributed by atoms with Crippen molar-refractivity contribution < 1.29 is 14.6 Å². The molecule has 1 heterocycles. The maximum Gasteiger partial charge on any atom is 0.261 e. The second-order valence-corrected chi connectivity index (χ2v) is 7.77. The van der Waals surface area contributed by atoms with Crippen molar-refractivity contribution >= 4 is 54.7 Å². The summed E-state index contributed by atoms with van der Waals surface area (Å²) >= 11 is 6.61. The maximum atomic E-state index is 12.5. The molecule has 8 heteroatoms. The zero-order valence-corrected chi connectivity index (χ0v) is 18.6. The predicted molar refractivity (Wildman–Crippen MR) is 119 cm³/mol. The van der Waals surface area contributed by atoms with E-state index in [1.54, 1.807) is 6.07 Å². The fraction of sp³-hybridized carbons (Fsp3) is 0.143. The number of rotatable bonds is 6. The summed E-state index contributed by atoms with van der Waals surface area (Å²) in [6.45, 7) is 0.392. The molecule has 1 amide bonds. The molecule has 0 aliphatic carbocycles. The number of halogens is 2. The van der Waals surface area contributed by atoms with Crippen molar-refractivity contribution in [2.45, 2.75) is 6.42 Å². The van der Waals surface area contributed by atoms with Crippen LogP contribution >= 0.6 is 31.9 Å². The Bertz CT molecular complexity index is 1150. The van der Waals surface area contributed by atoms with Gasteiger partial charge in [-0.25, -0.2) is 0 Å². The zero-order valence-electron chi connectivity index (χ0n) is 15.4. The van der Waals surface area contributed by atoms with Gasteiger partial charge < -0.3 is 20.1 Å². The van der Waals surface area contributed by atoms with E-state index in [1.807, 2.05) is 36.5 Å². The molecule has 0 spiro atoms. The van der Waals surface area contributed by atoms with Crippen molar-refractivity contribution in [3.63, 3.8) is 0 Å². The lowest BCUT2D eigenvalue weighted by Gasteiger charge is -2.10. The Morgan fingerprint density at radius 1 is 1.34 bits per heavy atom. The molecule has 1 aromatic heterocycles. The van der Waals surface area contributed by atoms with Crippen LogP contribution in [0.15, 0.2) is 51.0 Å². The third-order valence-corrected chi connectivity index (χ3v) is 6.57. The number of nitriles is 1. The van der Waals surface area contributed by atoms with Gasteiger partial charge in [0, 0.05) is 28.1 Å². The topological polar surface area (TPSA) is 98.1 Å². The number of nitrogens with one attached hydrogen (secondary N) is 2. The molecule has 148 valence electrons. The molecule has 0 atom stereocenters. The highest BCUT2D eigenvalue weighted by Gasteiger charge is 2.16. The molecule has 0 radical (unpaired) electrons. The van der Waals surface area contributed by atoms with Gasteiger partial charge in [0.15, 0.2) is 11.5 Å². The Morgan fingerprint density at radius 3 is 2.83 bits per heavy atom. The molecule has 3 aromatic rings. The number of para-hydroxylation sites is 1. The average molecular weight is 519 g/mol. The monoisotopic (exact) mass is 517 g/mol. The predicted octanol–water partition coefficient (Wildman–Crippen LogP) is 4.67. The molecule has 0 saturated carbocycles. The van der Waals surface area contributed by atoms with Gasteiger partial charge in [-0.2, -0.15) is 5.26 Å². The van der Waals surface area contributed by atoms with E-state index < -0.39 is 5.91 Å². The van der Waals surface area contributed by atoms with Crippen molar-refractivity contribution in [3.05, 3.63) is 62.2 Å². The number of methoxy groups -OCH3 is 1. The summed E-state index contributed by atoms with van der Waals surface area (Å²) in [7, 11) is 1.42. The smallest absolute Gasteiger partial charge is 0.261 e. The number of phenols is 1. The van der Waals surface area contributed by atoms with E-state index in [-0.39, 0.29) is 17.1 Å². The van der Waals surface area contributed by atoms with E-state index in [9.17, 15) is 15.2 Å². The number of carbonyl (C=O) groups is 1. The van der Waals surface area contributed by atoms with Crippen molar-refractivity contribution in [2.24, 2.45) is 0 Å². The number of H-pyrrole nitrogens is 1. The molecule has 0 fully saturated rings. The number of ether oxygens (including phenoxy) is 1. The summed E-state index contributed by atoms with van der Waals surface area (Å²) in [5, 5.41) is 23.3. The molecule has 29 heavy (non-hydrogen) atoms. The van der Waals surface area contributed by atoms with Gasteiger partial charge >= 0.3 is 0 Å². The Balaban J connectivity index is 1.74. The van der Waals surface area contributed by atoms with Gasteiger partial charge in [-0.1, -0.05) is 18.2 Å². The minimum Gasteiger partial charge on any atom is -0.503 e. The van der Waals surface area contributed by atoms with Crippen molar-refractivity contribution in [1.82, 2.24) is 10.3 Å². The van der Waals surface area contributed by atoms with Crippen LogP contribution in [0.3, 0.4) is 0 Å². The molecular weight excluding hydrogens is 502 g/mol. The number of aromatic hydroxyl groups is 1. The van der Waals surface area contributed by atoms with Gasteiger partial charge in [0.2, 0.25) is 0 Å². The van der Waals surface area contributed by atoms with Crippen LogP contribution in [0.25, 0.3) is 17.0 Å². The van der Waals surface area contributed by atoms with E-state index in [2.05, 4.69) is 42.2 Å². The van der Waals surface area contributed by atoms with Gasteiger partial charge in [0.25, 0.3) is 5.91 Å². The highest BCUT2D eigenvalue weighted by molar-refractivity contribution is 9.13. The SMILES string of the molecule is COc1cc(/C=C(/C#N)C(=O)NCCc2c[nH]c3ccccc23)c(Br)c(Br)c1O. The lowest BCUT2D eigenvalue weighted by molar-refractivity contribution is -0.117. The molecule has 0 bridgehead atoms. The van der Waals surface area contributed by atoms with Gasteiger partial charge in [-0.15, -0.1) is 0 Å². The fourth-order valence-corrected chi connectivity index (χ4v) is 3.76. The number of aromatic nitrogens is 1. The van der Waals surface area contributed by atoms with E-state index in [0.717, 1.165) is 16.5 Å². The third-order valence-electron chi connectivity index (χ3n) is 4.41. The molecular formula is C21H17Br2N3O3. The lowest BCUT2D eigenvalue weighted by atomic mass is 10.1. The second-order valence-electron chi connectivity index (χ2n) is 6.18. The van der Waals surface area contributed by atoms with Gasteiger partial charge in [0.1, 0.15) is 11.6 Å². The number of amides is 1. The van der Waals surface area contributed by atoms with Gasteiger partial charge in [-0.3, -0.25) is 4.79 Å². The number of aromatic amines is 1. The molecule has 0 unspecified atom stereocenters. The van der Waals surface area contributed by atoms with E-state index >= 15 is 0 Å². The van der Waals surface area contributed by atoms with E-state index in [1.165, 1.54) is 13.2 Å². The van der Waals surface area contributed by atoms with Crippen LogP contribution in [0.1, 0.15) is 11.1 Å². The summed E-state index contributed by atoms with van der Waals surface area (Å²) in [4.78, 5) is 15.7. The van der Waals surface area contributed by atoms with Crippen LogP contribution in [0.5, 0.6) is 11.5 Å². The van der Waals surface area contributed by atoms with Crippen LogP contribution < -0.4 is 10.1 Å². The highest BCUT2D eigenvalue weighted by atomic mass is 79.9. The zero-order chi connectivity index (χ0) is 21.0. The normalized spacial score (nSPS) is 11.3. The number of hydrogen-bond acceptors (Lipinski definition) is 4. The third kappa shape index (κ3) is 4.47. The largest absolute Gasteiger partial charge is 0.503 e. The van der Waals surface area contributed by atoms with Gasteiger partial charge in [-0.05, 0) is 67.6 Å². The van der Waals surface area contributed by atoms with Crippen LogP contribution in [-0.4, -0.2) is 29.7 Å². The Labute approximate surface area is 184 Å². The van der Waals surface area contributed by atoms with E-state index in [4.69, 9.17) is 4.74 Å². The van der Waals surface area contributed by atoms with E-state index in [0.29, 0.717) is 27.5 Å². The number of phenolic OH excluding ortho intramolecular Hbond substituents is 1. The first-order valence-electron chi connectivity index (χ1n) is 8.66. The van der Waals surface area contributed by atoms with Crippen LogP contribution in [0, 0.1) is 11.3 Å². The first kappa shape index (κ1) is 21.0. The van der Waals surface area contributed by atoms with Crippen molar-refractivity contribution in [2.75, 3.05) is 13.7 Å². The quantitative estimate of drug-likeness (QED) is 0.326. The number of carbonyl (C=O) groups excluding carboxylic acids is 1. The summed E-state index contributed by atoms with van der Waals surface area (Å²) in [6.07, 6.45) is 4.00. The Hall–Kier alpha value is -2.76. The summed E-state index contributed by atoms with van der Waals surface area (Å²) in [6, 6.07) is 11.4. The summed E-state index contributed by atoms with van der Waals surface area (Å²) in [5.41, 5.74) is 2.61. The number of fused-ring (bicyclic) bond motifs is 1. The fourth-order valence-electron chi connectivity index (χ4n) is 2.92. The summed E-state index contributed by atoms with van der Waals surface area (Å²) < 4.78 is 6.01. The number of benzene rings is 2. The first-order valence-corrected chi connectivity index (χ1v) is 10.2. The number of nitrogens with zero attached hydrogens (tertiary/aromatic N) is 1. The molecule has 3 rings (SSSR count). The average Bonchev–Trinajstić information content (AvgIpc) is 3.14. The molecule has 2 aromatic carbocycles. The highest BCUT2D eigenvalue weighted by Crippen LogP contribution is 2.42. The maximum absolute atomic E-state index is 12.5. The number of hydrogen-bond donors (Lipinski definition) is 3. The minimum atomic E-state index is -0.470. The molecule has 3 N–H and O–H groups in total. The van der Waals surface area contributed by atoms with Crippen molar-refractivity contribution in [1.29, 1.82) is 5.26 Å². The second kappa shape index (κ2) is 9.16.